The molecule has 1 atom stereocenters. The third-order valence-corrected chi connectivity index (χ3v) is 7.78. The molecule has 5 fully saturated rings. The molecule has 6 nitrogen and oxygen atoms in total. The molecule has 0 radical (unpaired) electrons. The standard InChI is InChI=1S/C16H25N5OS/c1-22-16(2-3-23-10-16)9-20-15(17-18-19-20)21-13-5-11-4-12(7-13)8-14(21)6-11/h11-14H,2-10H2,1H3. The first-order chi connectivity index (χ1) is 11.3. The van der Waals surface area contributed by atoms with Gasteiger partial charge in [-0.05, 0) is 66.5 Å². The molecule has 3 saturated heterocycles. The number of rotatable bonds is 4. The summed E-state index contributed by atoms with van der Waals surface area (Å²) in [4.78, 5) is 2.57. The summed E-state index contributed by atoms with van der Waals surface area (Å²) in [6, 6.07) is 1.32. The molecule has 126 valence electrons. The van der Waals surface area contributed by atoms with E-state index in [9.17, 15) is 0 Å². The summed E-state index contributed by atoms with van der Waals surface area (Å²) in [5.41, 5.74) is -0.0954. The van der Waals surface area contributed by atoms with Gasteiger partial charge in [-0.3, -0.25) is 0 Å². The van der Waals surface area contributed by atoms with Crippen LogP contribution in [0.1, 0.15) is 38.5 Å². The highest BCUT2D eigenvalue weighted by Crippen LogP contribution is 2.50. The van der Waals surface area contributed by atoms with Crippen molar-refractivity contribution >= 4 is 17.7 Å². The van der Waals surface area contributed by atoms with E-state index in [2.05, 4.69) is 20.4 Å². The van der Waals surface area contributed by atoms with Gasteiger partial charge in [-0.2, -0.15) is 11.8 Å². The molecule has 0 aromatic carbocycles. The monoisotopic (exact) mass is 335 g/mol. The summed E-state index contributed by atoms with van der Waals surface area (Å²) >= 11 is 1.97. The van der Waals surface area contributed by atoms with Crippen LogP contribution in [0.3, 0.4) is 0 Å². The lowest BCUT2D eigenvalue weighted by molar-refractivity contribution is -0.00479. The lowest BCUT2D eigenvalue weighted by Gasteiger charge is -2.56. The number of hydrogen-bond donors (Lipinski definition) is 0. The molecule has 23 heavy (non-hydrogen) atoms. The molecule has 1 aromatic heterocycles. The molecule has 0 amide bonds. The summed E-state index contributed by atoms with van der Waals surface area (Å²) in [6.45, 7) is 0.779. The molecule has 1 unspecified atom stereocenters. The molecule has 2 saturated carbocycles. The highest BCUT2D eigenvalue weighted by Gasteiger charge is 2.48. The fourth-order valence-corrected chi connectivity index (χ4v) is 6.94. The fraction of sp³-hybridized carbons (Fsp3) is 0.938. The minimum atomic E-state index is -0.0954. The third-order valence-electron chi connectivity index (χ3n) is 6.56. The normalized spacial score (nSPS) is 41.9. The van der Waals surface area contributed by atoms with E-state index < -0.39 is 0 Å². The second-order valence-corrected chi connectivity index (χ2v) is 9.06. The van der Waals surface area contributed by atoms with Gasteiger partial charge in [0, 0.05) is 24.9 Å². The van der Waals surface area contributed by atoms with Crippen molar-refractivity contribution in [2.75, 3.05) is 23.5 Å². The zero-order chi connectivity index (χ0) is 15.4. The molecule has 0 N–H and O–H groups in total. The highest BCUT2D eigenvalue weighted by molar-refractivity contribution is 7.99. The van der Waals surface area contributed by atoms with Crippen LogP contribution in [0.25, 0.3) is 0 Å². The van der Waals surface area contributed by atoms with Gasteiger partial charge in [0.05, 0.1) is 12.1 Å². The number of ether oxygens (including phenoxy) is 1. The summed E-state index contributed by atoms with van der Waals surface area (Å²) < 4.78 is 7.90. The lowest BCUT2D eigenvalue weighted by Crippen LogP contribution is -2.59. The number of thioether (sulfide) groups is 1. The van der Waals surface area contributed by atoms with E-state index in [0.29, 0.717) is 12.1 Å². The van der Waals surface area contributed by atoms with Gasteiger partial charge in [-0.1, -0.05) is 5.10 Å². The van der Waals surface area contributed by atoms with Crippen LogP contribution in [0.4, 0.5) is 5.95 Å². The second kappa shape index (κ2) is 5.34. The molecular formula is C16H25N5OS. The second-order valence-electron chi connectivity index (χ2n) is 7.95. The summed E-state index contributed by atoms with van der Waals surface area (Å²) in [6.07, 6.45) is 7.91. The van der Waals surface area contributed by atoms with Crippen LogP contribution >= 0.6 is 11.8 Å². The van der Waals surface area contributed by atoms with Gasteiger partial charge in [-0.15, -0.1) is 0 Å². The Bertz CT molecular complexity index is 557. The van der Waals surface area contributed by atoms with E-state index in [1.807, 2.05) is 23.6 Å². The Morgan fingerprint density at radius 3 is 2.52 bits per heavy atom. The largest absolute Gasteiger partial charge is 0.375 e. The van der Waals surface area contributed by atoms with Gasteiger partial charge in [-0.25, -0.2) is 4.68 Å². The van der Waals surface area contributed by atoms with E-state index >= 15 is 0 Å². The molecule has 0 spiro atoms. The fourth-order valence-electron chi connectivity index (χ4n) is 5.56. The Morgan fingerprint density at radius 1 is 1.17 bits per heavy atom. The molecule has 4 bridgehead atoms. The van der Waals surface area contributed by atoms with Gasteiger partial charge in [0.25, 0.3) is 0 Å². The van der Waals surface area contributed by atoms with Crippen LogP contribution in [-0.2, 0) is 11.3 Å². The minimum absolute atomic E-state index is 0.0954. The van der Waals surface area contributed by atoms with Gasteiger partial charge in [0.1, 0.15) is 0 Å². The molecular weight excluding hydrogens is 310 g/mol. The van der Waals surface area contributed by atoms with Crippen LogP contribution in [0, 0.1) is 11.8 Å². The van der Waals surface area contributed by atoms with Gasteiger partial charge in [0.2, 0.25) is 5.95 Å². The number of aromatic nitrogens is 4. The molecule has 3 aliphatic heterocycles. The average Bonchev–Trinajstić information content (AvgIpc) is 3.17. The van der Waals surface area contributed by atoms with E-state index in [4.69, 9.17) is 4.74 Å². The number of piperidine rings is 2. The predicted molar refractivity (Wildman–Crippen MR) is 89.6 cm³/mol. The van der Waals surface area contributed by atoms with Crippen molar-refractivity contribution in [2.24, 2.45) is 11.8 Å². The summed E-state index contributed by atoms with van der Waals surface area (Å²) in [7, 11) is 1.83. The number of anilines is 1. The van der Waals surface area contributed by atoms with E-state index in [-0.39, 0.29) is 5.60 Å². The van der Waals surface area contributed by atoms with Crippen LogP contribution in [0.5, 0.6) is 0 Å². The maximum absolute atomic E-state index is 5.88. The van der Waals surface area contributed by atoms with Crippen molar-refractivity contribution in [2.45, 2.75) is 62.8 Å². The van der Waals surface area contributed by atoms with Gasteiger partial charge < -0.3 is 9.64 Å². The van der Waals surface area contributed by atoms with Crippen molar-refractivity contribution in [1.29, 1.82) is 0 Å². The van der Waals surface area contributed by atoms with Crippen LogP contribution in [-0.4, -0.2) is 56.5 Å². The predicted octanol–water partition coefficient (Wildman–Crippen LogP) is 1.96. The summed E-state index contributed by atoms with van der Waals surface area (Å²) in [5, 5.41) is 12.8. The molecule has 4 heterocycles. The first kappa shape index (κ1) is 14.5. The Kier molecular flexibility index (Phi) is 3.37. The van der Waals surface area contributed by atoms with Gasteiger partial charge in [0.15, 0.2) is 0 Å². The first-order valence-corrected chi connectivity index (χ1v) is 10.1. The van der Waals surface area contributed by atoms with Crippen molar-refractivity contribution in [3.8, 4) is 0 Å². The SMILES string of the molecule is COC1(Cn2nnnc2N2C3CC4CC(C3)CC2C4)CCSC1. The quantitative estimate of drug-likeness (QED) is 0.838. The van der Waals surface area contributed by atoms with E-state index in [0.717, 1.165) is 36.5 Å². The lowest BCUT2D eigenvalue weighted by atomic mass is 9.64. The number of nitrogens with zero attached hydrogens (tertiary/aromatic N) is 5. The number of methoxy groups -OCH3 is 1. The molecule has 2 aliphatic carbocycles. The van der Waals surface area contributed by atoms with Crippen molar-refractivity contribution < 1.29 is 4.74 Å². The van der Waals surface area contributed by atoms with Crippen LogP contribution in [0.15, 0.2) is 0 Å². The molecule has 1 aromatic rings. The molecule has 5 aliphatic rings. The maximum atomic E-state index is 5.88. The minimum Gasteiger partial charge on any atom is -0.375 e. The molecule has 6 rings (SSSR count). The Balaban J connectivity index is 1.43. The maximum Gasteiger partial charge on any atom is 0.246 e. The number of tetrazole rings is 1. The third kappa shape index (κ3) is 2.30. The molecule has 7 heteroatoms. The number of hydrogen-bond acceptors (Lipinski definition) is 6. The highest BCUT2D eigenvalue weighted by atomic mass is 32.2. The van der Waals surface area contributed by atoms with E-state index in [1.165, 1.54) is 37.9 Å². The van der Waals surface area contributed by atoms with Crippen LogP contribution < -0.4 is 4.90 Å². The van der Waals surface area contributed by atoms with E-state index in [1.54, 1.807) is 0 Å². The Morgan fingerprint density at radius 2 is 1.91 bits per heavy atom. The Hall–Kier alpha value is -0.820. The summed E-state index contributed by atoms with van der Waals surface area (Å²) in [5.74, 6) is 5.11. The van der Waals surface area contributed by atoms with Crippen molar-refractivity contribution in [3.05, 3.63) is 0 Å². The zero-order valence-electron chi connectivity index (χ0n) is 13.7. The Labute approximate surface area is 141 Å². The zero-order valence-corrected chi connectivity index (χ0v) is 14.5. The first-order valence-electron chi connectivity index (χ1n) is 8.94. The van der Waals surface area contributed by atoms with Crippen molar-refractivity contribution in [1.82, 2.24) is 20.2 Å². The van der Waals surface area contributed by atoms with Crippen molar-refractivity contribution in [3.63, 3.8) is 0 Å². The smallest absolute Gasteiger partial charge is 0.246 e. The topological polar surface area (TPSA) is 56.1 Å². The average molecular weight is 335 g/mol. The van der Waals surface area contributed by atoms with Gasteiger partial charge >= 0.3 is 0 Å². The van der Waals surface area contributed by atoms with Crippen LogP contribution in [0.2, 0.25) is 0 Å².